The molecule has 0 fully saturated rings. The van der Waals surface area contributed by atoms with Gasteiger partial charge in [-0.1, -0.05) is 0 Å². The molecule has 0 saturated heterocycles. The summed E-state index contributed by atoms with van der Waals surface area (Å²) in [6.45, 7) is 1.34. The molecule has 1 aromatic carbocycles. The van der Waals surface area contributed by atoms with Gasteiger partial charge in [0.15, 0.2) is 0 Å². The van der Waals surface area contributed by atoms with Crippen LogP contribution in [0, 0.1) is 5.21 Å². The molecule has 0 unspecified atom stereocenters. The maximum atomic E-state index is 11.5. The quantitative estimate of drug-likeness (QED) is 0.879. The minimum atomic E-state index is -0.399. The smallest absolute Gasteiger partial charge is 0.231 e. The van der Waals surface area contributed by atoms with Crippen LogP contribution in [0.15, 0.2) is 22.9 Å². The Bertz CT molecular complexity index is 636. The monoisotopic (exact) mass is 310 g/mol. The van der Waals surface area contributed by atoms with Gasteiger partial charge in [-0.2, -0.15) is 0 Å². The van der Waals surface area contributed by atoms with Crippen molar-refractivity contribution >= 4 is 44.3 Å². The minimum Gasteiger partial charge on any atom is -0.805 e. The van der Waals surface area contributed by atoms with E-state index < -0.39 is 5.91 Å². The van der Waals surface area contributed by atoms with Gasteiger partial charge in [0, 0.05) is 4.47 Å². The summed E-state index contributed by atoms with van der Waals surface area (Å²) >= 11 is 3.25. The summed E-state index contributed by atoms with van der Waals surface area (Å²) in [5.41, 5.74) is 1.37. The number of nitrogens with zero attached hydrogens (tertiary/aromatic N) is 2. The maximum absolute atomic E-state index is 11.5. The van der Waals surface area contributed by atoms with Crippen molar-refractivity contribution in [2.24, 2.45) is 0 Å². The fourth-order valence-corrected chi connectivity index (χ4v) is 1.95. The van der Waals surface area contributed by atoms with Gasteiger partial charge in [0.25, 0.3) is 0 Å². The molecule has 2 rings (SSSR count). The average molecular weight is 311 g/mol. The number of Topliss-reactive ketones (excluding diaryl/α,β-unsaturated/α-hetero) is 1. The van der Waals surface area contributed by atoms with Crippen LogP contribution in [-0.4, -0.2) is 21.4 Å². The fraction of sp³-hybridized carbons (Fsp3) is 0.182. The number of carbonyl (C=O) groups is 2. The second kappa shape index (κ2) is 4.77. The maximum Gasteiger partial charge on any atom is 0.231 e. The lowest BCUT2D eigenvalue weighted by atomic mass is 10.2. The number of imidazole rings is 1. The summed E-state index contributed by atoms with van der Waals surface area (Å²) in [5.74, 6) is -0.613. The highest BCUT2D eigenvalue weighted by molar-refractivity contribution is 9.10. The van der Waals surface area contributed by atoms with Crippen LogP contribution in [0.3, 0.4) is 0 Å². The number of hydrogen-bond donors (Lipinski definition) is 1. The molecule has 0 saturated carbocycles. The number of carbonyl (C=O) groups excluding carboxylic acids is 2. The Morgan fingerprint density at radius 3 is 2.89 bits per heavy atom. The number of ketones is 1. The Labute approximate surface area is 111 Å². The van der Waals surface area contributed by atoms with Crippen LogP contribution in [-0.2, 0) is 9.59 Å². The number of fused-ring (bicyclic) bond motifs is 1. The highest BCUT2D eigenvalue weighted by Gasteiger charge is 2.10. The van der Waals surface area contributed by atoms with Crippen molar-refractivity contribution in [3.8, 4) is 0 Å². The zero-order valence-electron chi connectivity index (χ0n) is 9.44. The van der Waals surface area contributed by atoms with Gasteiger partial charge in [0.05, 0.1) is 29.5 Å². The lowest BCUT2D eigenvalue weighted by Gasteiger charge is -2.09. The average Bonchev–Trinajstić information content (AvgIpc) is 2.60. The normalized spacial score (nSPS) is 10.6. The number of aromatic nitrogens is 2. The van der Waals surface area contributed by atoms with E-state index in [1.165, 1.54) is 6.92 Å². The Hall–Kier alpha value is -1.89. The van der Waals surface area contributed by atoms with E-state index in [0.717, 1.165) is 6.33 Å². The molecule has 7 heteroatoms. The van der Waals surface area contributed by atoms with Crippen LogP contribution in [0.1, 0.15) is 13.3 Å². The van der Waals surface area contributed by atoms with Gasteiger partial charge < -0.3 is 15.3 Å². The first kappa shape index (κ1) is 12.6. The van der Waals surface area contributed by atoms with Crippen molar-refractivity contribution in [2.75, 3.05) is 5.32 Å². The number of amides is 1. The summed E-state index contributed by atoms with van der Waals surface area (Å²) in [7, 11) is 0. The number of benzene rings is 1. The highest BCUT2D eigenvalue weighted by Crippen LogP contribution is 2.27. The molecule has 1 N–H and O–H groups in total. The molecule has 1 amide bonds. The second-order valence-electron chi connectivity index (χ2n) is 3.82. The topological polar surface area (TPSA) is 87.0 Å². The van der Waals surface area contributed by atoms with Crippen molar-refractivity contribution in [1.82, 2.24) is 9.71 Å². The molecular weight excluding hydrogens is 302 g/mol. The zero-order chi connectivity index (χ0) is 13.3. The lowest BCUT2D eigenvalue weighted by Crippen LogP contribution is -2.15. The molecule has 0 atom stereocenters. The lowest BCUT2D eigenvalue weighted by molar-refractivity contribution is -0.124. The molecule has 2 aromatic rings. The van der Waals surface area contributed by atoms with Gasteiger partial charge in [0.2, 0.25) is 5.91 Å². The van der Waals surface area contributed by atoms with Crippen LogP contribution >= 0.6 is 15.9 Å². The van der Waals surface area contributed by atoms with Crippen LogP contribution in [0.25, 0.3) is 11.0 Å². The standard InChI is InChI=1S/C11H9BrN3O3/c1-6(16)2-11(17)14-8-4-9-10(3-7(8)12)15(18)5-13-9/h3-5H,2H2,1H3,(H,14,17)/q-1. The number of rotatable bonds is 3. The van der Waals surface area contributed by atoms with Gasteiger partial charge in [-0.3, -0.25) is 9.59 Å². The molecule has 0 aliphatic heterocycles. The number of anilines is 1. The molecule has 18 heavy (non-hydrogen) atoms. The van der Waals surface area contributed by atoms with Gasteiger partial charge in [-0.05, 0) is 35.0 Å². The van der Waals surface area contributed by atoms with E-state index in [2.05, 4.69) is 26.2 Å². The predicted octanol–water partition coefficient (Wildman–Crippen LogP) is 2.06. The summed E-state index contributed by atoms with van der Waals surface area (Å²) in [5, 5.41) is 13.9. The number of nitrogens with one attached hydrogen (secondary N) is 1. The van der Waals surface area contributed by atoms with Crippen LogP contribution in [0.5, 0.6) is 0 Å². The van der Waals surface area contributed by atoms with Crippen LogP contribution in [0.2, 0.25) is 0 Å². The van der Waals surface area contributed by atoms with Gasteiger partial charge in [-0.25, -0.2) is 4.98 Å². The van der Waals surface area contributed by atoms with E-state index >= 15 is 0 Å². The first-order valence-electron chi connectivity index (χ1n) is 5.11. The summed E-state index contributed by atoms with van der Waals surface area (Å²) in [6, 6.07) is 3.14. The third-order valence-electron chi connectivity index (χ3n) is 2.29. The van der Waals surface area contributed by atoms with Gasteiger partial charge >= 0.3 is 0 Å². The van der Waals surface area contributed by atoms with E-state index in [0.29, 0.717) is 25.9 Å². The van der Waals surface area contributed by atoms with E-state index in [-0.39, 0.29) is 12.2 Å². The van der Waals surface area contributed by atoms with Crippen molar-refractivity contribution in [3.05, 3.63) is 28.1 Å². The van der Waals surface area contributed by atoms with Crippen molar-refractivity contribution in [1.29, 1.82) is 0 Å². The Morgan fingerprint density at radius 2 is 2.22 bits per heavy atom. The Morgan fingerprint density at radius 1 is 1.50 bits per heavy atom. The molecule has 0 radical (unpaired) electrons. The molecular formula is C11H9BrN3O3-. The third kappa shape index (κ3) is 2.51. The molecule has 0 bridgehead atoms. The first-order chi connectivity index (χ1) is 8.47. The van der Waals surface area contributed by atoms with Gasteiger partial charge in [-0.15, -0.1) is 0 Å². The largest absolute Gasteiger partial charge is 0.805 e. The molecule has 0 spiro atoms. The molecule has 1 heterocycles. The predicted molar refractivity (Wildman–Crippen MR) is 70.1 cm³/mol. The molecule has 6 nitrogen and oxygen atoms in total. The van der Waals surface area contributed by atoms with Crippen molar-refractivity contribution < 1.29 is 9.59 Å². The molecule has 0 aliphatic carbocycles. The first-order valence-corrected chi connectivity index (χ1v) is 5.90. The third-order valence-corrected chi connectivity index (χ3v) is 2.94. The van der Waals surface area contributed by atoms with Crippen LogP contribution in [0.4, 0.5) is 5.69 Å². The Balaban J connectivity index is 2.31. The van der Waals surface area contributed by atoms with E-state index in [1.807, 2.05) is 0 Å². The Kier molecular flexibility index (Phi) is 3.33. The number of halogens is 1. The van der Waals surface area contributed by atoms with Crippen molar-refractivity contribution in [3.63, 3.8) is 0 Å². The minimum absolute atomic E-state index is 0.180. The SMILES string of the molecule is CC(=O)CC(=O)Nc1cc2ncn([O-])c2cc1Br. The highest BCUT2D eigenvalue weighted by atomic mass is 79.9. The summed E-state index contributed by atoms with van der Waals surface area (Å²) < 4.78 is 1.20. The molecule has 94 valence electrons. The zero-order valence-corrected chi connectivity index (χ0v) is 11.0. The van der Waals surface area contributed by atoms with Gasteiger partial charge in [0.1, 0.15) is 5.78 Å². The second-order valence-corrected chi connectivity index (χ2v) is 4.67. The summed E-state index contributed by atoms with van der Waals surface area (Å²) in [4.78, 5) is 26.2. The van der Waals surface area contributed by atoms with Crippen LogP contribution < -0.4 is 5.32 Å². The molecule has 1 aromatic heterocycles. The van der Waals surface area contributed by atoms with E-state index in [9.17, 15) is 14.8 Å². The number of hydrogen-bond acceptors (Lipinski definition) is 4. The fourth-order valence-electron chi connectivity index (χ4n) is 1.52. The molecule has 0 aliphatic rings. The van der Waals surface area contributed by atoms with E-state index in [4.69, 9.17) is 0 Å². The summed E-state index contributed by atoms with van der Waals surface area (Å²) in [6.07, 6.45) is 0.971. The van der Waals surface area contributed by atoms with E-state index in [1.54, 1.807) is 12.1 Å². The van der Waals surface area contributed by atoms with Crippen molar-refractivity contribution in [2.45, 2.75) is 13.3 Å².